The lowest BCUT2D eigenvalue weighted by molar-refractivity contribution is -0.155. The van der Waals surface area contributed by atoms with Gasteiger partial charge in [-0.3, -0.25) is 15.0 Å². The van der Waals surface area contributed by atoms with E-state index in [1.165, 1.54) is 6.08 Å². The molecular formula is C21H19BrN2O4. The van der Waals surface area contributed by atoms with Gasteiger partial charge in [0.25, 0.3) is 11.8 Å². The van der Waals surface area contributed by atoms with Crippen LogP contribution in [0.2, 0.25) is 0 Å². The molecule has 2 aromatic rings. The number of halogens is 1. The second-order valence-corrected chi connectivity index (χ2v) is 6.99. The number of esters is 1. The van der Waals surface area contributed by atoms with Crippen LogP contribution in [0.25, 0.3) is 5.57 Å². The second-order valence-electron chi connectivity index (χ2n) is 6.14. The highest BCUT2D eigenvalue weighted by atomic mass is 79.9. The van der Waals surface area contributed by atoms with Crippen LogP contribution in [-0.4, -0.2) is 35.4 Å². The summed E-state index contributed by atoms with van der Waals surface area (Å²) in [5.41, 5.74) is 4.45. The summed E-state index contributed by atoms with van der Waals surface area (Å²) in [6.45, 7) is 1.87. The number of rotatable bonds is 5. The molecule has 28 heavy (non-hydrogen) atoms. The highest BCUT2D eigenvalue weighted by Crippen LogP contribution is 2.31. The summed E-state index contributed by atoms with van der Waals surface area (Å²) in [6, 6.07) is 15.0. The van der Waals surface area contributed by atoms with Gasteiger partial charge in [-0.1, -0.05) is 52.3 Å². The molecule has 6 nitrogen and oxygen atoms in total. The average molecular weight is 443 g/mol. The van der Waals surface area contributed by atoms with Crippen molar-refractivity contribution in [1.29, 1.82) is 0 Å². The van der Waals surface area contributed by atoms with Gasteiger partial charge < -0.3 is 4.74 Å². The lowest BCUT2D eigenvalue weighted by Gasteiger charge is -2.33. The first-order valence-corrected chi connectivity index (χ1v) is 9.62. The standard InChI is InChI=1S/C21H19BrN2O4/c1-2-28-21(27)18-12-15(16-10-6-7-11-17(16)22)13-19(25)24(18)23-20(26)14-8-4-3-5-9-14/h3-11,13,18H,2,12H2,1H3,(H,23,26)/t18-/m1/s1. The van der Waals surface area contributed by atoms with Crippen LogP contribution in [0.15, 0.2) is 65.1 Å². The van der Waals surface area contributed by atoms with Crippen LogP contribution >= 0.6 is 15.9 Å². The van der Waals surface area contributed by atoms with Crippen LogP contribution in [0.5, 0.6) is 0 Å². The predicted octanol–water partition coefficient (Wildman–Crippen LogP) is 3.34. The van der Waals surface area contributed by atoms with Crippen molar-refractivity contribution in [2.24, 2.45) is 0 Å². The van der Waals surface area contributed by atoms with Crippen molar-refractivity contribution in [3.8, 4) is 0 Å². The molecule has 2 amide bonds. The van der Waals surface area contributed by atoms with Gasteiger partial charge in [0.2, 0.25) is 0 Å². The third-order valence-corrected chi connectivity index (χ3v) is 4.99. The normalized spacial score (nSPS) is 16.4. The van der Waals surface area contributed by atoms with Gasteiger partial charge >= 0.3 is 5.97 Å². The Labute approximate surface area is 171 Å². The highest BCUT2D eigenvalue weighted by molar-refractivity contribution is 9.10. The molecule has 1 aliphatic heterocycles. The van der Waals surface area contributed by atoms with Gasteiger partial charge in [0, 0.05) is 22.5 Å². The number of carbonyl (C=O) groups is 3. The molecule has 0 aromatic heterocycles. The van der Waals surface area contributed by atoms with E-state index in [9.17, 15) is 14.4 Å². The summed E-state index contributed by atoms with van der Waals surface area (Å²) in [5.74, 6) is -1.53. The molecule has 1 heterocycles. The number of nitrogens with zero attached hydrogens (tertiary/aromatic N) is 1. The minimum absolute atomic E-state index is 0.179. The number of ether oxygens (including phenoxy) is 1. The van der Waals surface area contributed by atoms with E-state index in [-0.39, 0.29) is 13.0 Å². The molecule has 0 unspecified atom stereocenters. The molecule has 0 saturated heterocycles. The maximum absolute atomic E-state index is 12.8. The number of hydrazine groups is 1. The number of hydrogen-bond donors (Lipinski definition) is 1. The summed E-state index contributed by atoms with van der Waals surface area (Å²) in [7, 11) is 0. The van der Waals surface area contributed by atoms with Crippen LogP contribution in [0.4, 0.5) is 0 Å². The van der Waals surface area contributed by atoms with E-state index in [1.807, 2.05) is 24.3 Å². The predicted molar refractivity (Wildman–Crippen MR) is 108 cm³/mol. The molecule has 0 radical (unpaired) electrons. The molecule has 7 heteroatoms. The first kappa shape index (κ1) is 19.8. The maximum Gasteiger partial charge on any atom is 0.331 e. The Kier molecular flexibility index (Phi) is 6.26. The molecule has 0 bridgehead atoms. The van der Waals surface area contributed by atoms with Crippen molar-refractivity contribution in [2.75, 3.05) is 6.61 Å². The number of amides is 2. The fourth-order valence-corrected chi connectivity index (χ4v) is 3.50. The van der Waals surface area contributed by atoms with Crippen LogP contribution in [0.3, 0.4) is 0 Å². The average Bonchev–Trinajstić information content (AvgIpc) is 2.70. The van der Waals surface area contributed by atoms with Crippen LogP contribution in [-0.2, 0) is 14.3 Å². The van der Waals surface area contributed by atoms with E-state index in [4.69, 9.17) is 4.74 Å². The van der Waals surface area contributed by atoms with E-state index >= 15 is 0 Å². The fourth-order valence-electron chi connectivity index (χ4n) is 2.96. The Morgan fingerprint density at radius 1 is 1.14 bits per heavy atom. The van der Waals surface area contributed by atoms with Crippen LogP contribution in [0.1, 0.15) is 29.3 Å². The van der Waals surface area contributed by atoms with Crippen LogP contribution < -0.4 is 5.43 Å². The largest absolute Gasteiger partial charge is 0.464 e. The SMILES string of the molecule is CCOC(=O)[C@H]1CC(c2ccccc2Br)=CC(=O)N1NC(=O)c1ccccc1. The number of carbonyl (C=O) groups excluding carboxylic acids is 3. The third-order valence-electron chi connectivity index (χ3n) is 4.30. The van der Waals surface area contributed by atoms with Gasteiger partial charge in [-0.15, -0.1) is 0 Å². The lowest BCUT2D eigenvalue weighted by Crippen LogP contribution is -2.56. The van der Waals surface area contributed by atoms with Crippen molar-refractivity contribution in [3.05, 3.63) is 76.3 Å². The Hall–Kier alpha value is -2.93. The van der Waals surface area contributed by atoms with E-state index in [0.29, 0.717) is 11.1 Å². The first-order chi connectivity index (χ1) is 13.5. The molecule has 0 saturated carbocycles. The van der Waals surface area contributed by atoms with Crippen molar-refractivity contribution < 1.29 is 19.1 Å². The summed E-state index contributed by atoms with van der Waals surface area (Å²) < 4.78 is 5.96. The van der Waals surface area contributed by atoms with Gasteiger partial charge in [-0.05, 0) is 36.3 Å². The highest BCUT2D eigenvalue weighted by Gasteiger charge is 2.37. The van der Waals surface area contributed by atoms with E-state index in [2.05, 4.69) is 21.4 Å². The number of benzene rings is 2. The summed E-state index contributed by atoms with van der Waals surface area (Å²) in [4.78, 5) is 37.8. The van der Waals surface area contributed by atoms with Crippen molar-refractivity contribution >= 4 is 39.3 Å². The zero-order valence-corrected chi connectivity index (χ0v) is 16.8. The number of hydrogen-bond acceptors (Lipinski definition) is 4. The monoisotopic (exact) mass is 442 g/mol. The zero-order valence-electron chi connectivity index (χ0n) is 15.2. The van der Waals surface area contributed by atoms with Gasteiger partial charge in [-0.2, -0.15) is 0 Å². The second kappa shape index (κ2) is 8.84. The number of nitrogens with one attached hydrogen (secondary N) is 1. The van der Waals surface area contributed by atoms with E-state index in [0.717, 1.165) is 15.0 Å². The molecule has 0 fully saturated rings. The quantitative estimate of drug-likeness (QED) is 0.720. The molecule has 144 valence electrons. The minimum Gasteiger partial charge on any atom is -0.464 e. The molecule has 1 atom stereocenters. The molecule has 0 spiro atoms. The van der Waals surface area contributed by atoms with Gasteiger partial charge in [0.15, 0.2) is 6.04 Å². The van der Waals surface area contributed by atoms with Crippen molar-refractivity contribution in [2.45, 2.75) is 19.4 Å². The third kappa shape index (κ3) is 4.31. The fraction of sp³-hybridized carbons (Fsp3) is 0.190. The maximum atomic E-state index is 12.8. The lowest BCUT2D eigenvalue weighted by atomic mass is 9.94. The van der Waals surface area contributed by atoms with Gasteiger partial charge in [0.1, 0.15) is 0 Å². The minimum atomic E-state index is -0.952. The van der Waals surface area contributed by atoms with Crippen molar-refractivity contribution in [3.63, 3.8) is 0 Å². The van der Waals surface area contributed by atoms with Gasteiger partial charge in [-0.25, -0.2) is 9.80 Å². The topological polar surface area (TPSA) is 75.7 Å². The van der Waals surface area contributed by atoms with Crippen LogP contribution in [0, 0.1) is 0 Å². The van der Waals surface area contributed by atoms with Crippen molar-refractivity contribution in [1.82, 2.24) is 10.4 Å². The van der Waals surface area contributed by atoms with E-state index in [1.54, 1.807) is 37.3 Å². The zero-order chi connectivity index (χ0) is 20.1. The Morgan fingerprint density at radius 2 is 1.82 bits per heavy atom. The molecule has 3 rings (SSSR count). The molecule has 2 aromatic carbocycles. The summed E-state index contributed by atoms with van der Waals surface area (Å²) in [5, 5.41) is 1.05. The molecular weight excluding hydrogens is 424 g/mol. The Bertz CT molecular complexity index is 927. The molecule has 1 aliphatic rings. The summed E-state index contributed by atoms with van der Waals surface area (Å²) in [6.07, 6.45) is 1.66. The molecule has 0 aliphatic carbocycles. The Morgan fingerprint density at radius 3 is 2.50 bits per heavy atom. The molecule has 1 N–H and O–H groups in total. The Balaban J connectivity index is 1.91. The van der Waals surface area contributed by atoms with E-state index < -0.39 is 23.8 Å². The van der Waals surface area contributed by atoms with Gasteiger partial charge in [0.05, 0.1) is 6.61 Å². The summed E-state index contributed by atoms with van der Waals surface area (Å²) >= 11 is 3.47. The first-order valence-electron chi connectivity index (χ1n) is 8.82. The smallest absolute Gasteiger partial charge is 0.331 e.